The molecule has 1 amide bonds. The SMILES string of the molecule is CCCCCCCC(=O)O[C@H](COC(=O)CCCCCCCCCCCCCNC(C)=O)COP(=O)(O)O. The summed E-state index contributed by atoms with van der Waals surface area (Å²) >= 11 is 0. The predicted octanol–water partition coefficient (Wildman–Crippen LogP) is 5.73. The average molecular weight is 566 g/mol. The molecule has 0 aliphatic heterocycles. The smallest absolute Gasteiger partial charge is 0.462 e. The Morgan fingerprint density at radius 1 is 0.711 bits per heavy atom. The molecular weight excluding hydrogens is 513 g/mol. The maximum Gasteiger partial charge on any atom is 0.469 e. The summed E-state index contributed by atoms with van der Waals surface area (Å²) < 4.78 is 25.9. The van der Waals surface area contributed by atoms with E-state index in [9.17, 15) is 18.9 Å². The fourth-order valence-corrected chi connectivity index (χ4v) is 4.28. The third-order valence-corrected chi connectivity index (χ3v) is 6.56. The van der Waals surface area contributed by atoms with E-state index in [1.54, 1.807) is 0 Å². The molecule has 0 heterocycles. The van der Waals surface area contributed by atoms with Crippen molar-refractivity contribution in [2.45, 2.75) is 136 Å². The van der Waals surface area contributed by atoms with Crippen LogP contribution in [0.4, 0.5) is 0 Å². The minimum atomic E-state index is -4.74. The van der Waals surface area contributed by atoms with Gasteiger partial charge < -0.3 is 24.6 Å². The van der Waals surface area contributed by atoms with Crippen molar-refractivity contribution >= 4 is 25.7 Å². The van der Waals surface area contributed by atoms with Crippen LogP contribution in [0.5, 0.6) is 0 Å². The van der Waals surface area contributed by atoms with Gasteiger partial charge in [0.15, 0.2) is 6.10 Å². The van der Waals surface area contributed by atoms with E-state index in [0.29, 0.717) is 12.8 Å². The lowest BCUT2D eigenvalue weighted by Gasteiger charge is -2.18. The van der Waals surface area contributed by atoms with Crippen LogP contribution in [-0.4, -0.2) is 53.5 Å². The molecule has 224 valence electrons. The quantitative estimate of drug-likeness (QED) is 0.0679. The summed E-state index contributed by atoms with van der Waals surface area (Å²) in [6, 6.07) is 0. The Balaban J connectivity index is 3.90. The van der Waals surface area contributed by atoms with Gasteiger partial charge in [-0.1, -0.05) is 90.4 Å². The van der Waals surface area contributed by atoms with Crippen LogP contribution < -0.4 is 5.32 Å². The Labute approximate surface area is 229 Å². The molecule has 0 spiro atoms. The van der Waals surface area contributed by atoms with Crippen LogP contribution in [0.2, 0.25) is 0 Å². The molecule has 10 nitrogen and oxygen atoms in total. The fraction of sp³-hybridized carbons (Fsp3) is 0.889. The van der Waals surface area contributed by atoms with Gasteiger partial charge in [-0.15, -0.1) is 0 Å². The minimum Gasteiger partial charge on any atom is -0.462 e. The number of nitrogens with one attached hydrogen (secondary N) is 1. The van der Waals surface area contributed by atoms with E-state index in [4.69, 9.17) is 19.3 Å². The normalized spacial score (nSPS) is 12.2. The number of rotatable bonds is 26. The van der Waals surface area contributed by atoms with Crippen molar-refractivity contribution < 1.29 is 42.7 Å². The Morgan fingerprint density at radius 2 is 1.18 bits per heavy atom. The molecule has 0 unspecified atom stereocenters. The van der Waals surface area contributed by atoms with Gasteiger partial charge in [-0.05, 0) is 19.3 Å². The van der Waals surface area contributed by atoms with E-state index in [0.717, 1.165) is 64.3 Å². The lowest BCUT2D eigenvalue weighted by Crippen LogP contribution is -2.29. The molecule has 0 saturated carbocycles. The van der Waals surface area contributed by atoms with Crippen molar-refractivity contribution in [1.29, 1.82) is 0 Å². The van der Waals surface area contributed by atoms with Crippen molar-refractivity contribution in [2.24, 2.45) is 0 Å². The number of phosphoric ester groups is 1. The molecular formula is C27H52NO9P. The summed E-state index contributed by atoms with van der Waals surface area (Å²) in [6.07, 6.45) is 16.2. The van der Waals surface area contributed by atoms with Gasteiger partial charge in [-0.25, -0.2) is 4.57 Å². The van der Waals surface area contributed by atoms with Crippen molar-refractivity contribution in [3.63, 3.8) is 0 Å². The highest BCUT2D eigenvalue weighted by atomic mass is 31.2. The molecule has 1 atom stereocenters. The molecule has 0 rings (SSSR count). The second-order valence-electron chi connectivity index (χ2n) is 9.87. The number of hydrogen-bond acceptors (Lipinski definition) is 7. The third-order valence-electron chi connectivity index (χ3n) is 6.07. The van der Waals surface area contributed by atoms with Crippen LogP contribution in [0.3, 0.4) is 0 Å². The van der Waals surface area contributed by atoms with Gasteiger partial charge in [0, 0.05) is 26.3 Å². The summed E-state index contributed by atoms with van der Waals surface area (Å²) in [5, 5.41) is 2.81. The first-order valence-corrected chi connectivity index (χ1v) is 16.0. The molecule has 0 aromatic heterocycles. The largest absolute Gasteiger partial charge is 0.469 e. The first kappa shape index (κ1) is 36.5. The minimum absolute atomic E-state index is 0.0306. The van der Waals surface area contributed by atoms with Gasteiger partial charge in [-0.3, -0.25) is 18.9 Å². The highest BCUT2D eigenvalue weighted by Gasteiger charge is 2.22. The lowest BCUT2D eigenvalue weighted by atomic mass is 10.1. The molecule has 3 N–H and O–H groups in total. The maximum atomic E-state index is 12.1. The Morgan fingerprint density at radius 3 is 1.68 bits per heavy atom. The van der Waals surface area contributed by atoms with E-state index in [1.807, 2.05) is 0 Å². The average Bonchev–Trinajstić information content (AvgIpc) is 2.85. The van der Waals surface area contributed by atoms with Gasteiger partial charge >= 0.3 is 19.8 Å². The van der Waals surface area contributed by atoms with E-state index in [1.165, 1.54) is 39.0 Å². The van der Waals surface area contributed by atoms with Crippen LogP contribution in [0.15, 0.2) is 0 Å². The van der Waals surface area contributed by atoms with Crippen LogP contribution in [0.1, 0.15) is 129 Å². The molecule has 38 heavy (non-hydrogen) atoms. The second kappa shape index (κ2) is 24.6. The van der Waals surface area contributed by atoms with Crippen molar-refractivity contribution in [1.82, 2.24) is 5.32 Å². The number of carbonyl (C=O) groups excluding carboxylic acids is 3. The number of carbonyl (C=O) groups is 3. The molecule has 0 bridgehead atoms. The van der Waals surface area contributed by atoms with Crippen molar-refractivity contribution in [3.8, 4) is 0 Å². The van der Waals surface area contributed by atoms with Gasteiger partial charge in [0.05, 0.1) is 6.61 Å². The maximum absolute atomic E-state index is 12.1. The van der Waals surface area contributed by atoms with Gasteiger partial charge in [0.2, 0.25) is 5.91 Å². The molecule has 0 aromatic carbocycles. The van der Waals surface area contributed by atoms with E-state index < -0.39 is 32.5 Å². The standard InChI is InChI=1S/C27H52NO9P/c1-3-4-5-13-17-20-27(31)37-25(23-36-38(32,33)34)22-35-26(30)19-16-14-11-9-7-6-8-10-12-15-18-21-28-24(2)29/h25H,3-23H2,1-2H3,(H,28,29)(H2,32,33,34)/t25-/m1/s1. The number of ether oxygens (including phenoxy) is 2. The molecule has 0 aliphatic rings. The third kappa shape index (κ3) is 27.6. The summed E-state index contributed by atoms with van der Waals surface area (Å²) in [7, 11) is -4.74. The monoisotopic (exact) mass is 565 g/mol. The Kier molecular flexibility index (Phi) is 23.6. The highest BCUT2D eigenvalue weighted by Crippen LogP contribution is 2.35. The summed E-state index contributed by atoms with van der Waals surface area (Å²) in [4.78, 5) is 52.8. The second-order valence-corrected chi connectivity index (χ2v) is 11.1. The number of esters is 2. The topological polar surface area (TPSA) is 148 Å². The van der Waals surface area contributed by atoms with Gasteiger partial charge in [0.1, 0.15) is 6.61 Å². The molecule has 0 radical (unpaired) electrons. The van der Waals surface area contributed by atoms with Gasteiger partial charge in [0.25, 0.3) is 0 Å². The number of phosphoric acid groups is 1. The fourth-order valence-electron chi connectivity index (χ4n) is 3.92. The first-order valence-electron chi connectivity index (χ1n) is 14.4. The molecule has 11 heteroatoms. The van der Waals surface area contributed by atoms with Crippen LogP contribution in [0.25, 0.3) is 0 Å². The Bertz CT molecular complexity index is 669. The number of unbranched alkanes of at least 4 members (excludes halogenated alkanes) is 14. The van der Waals surface area contributed by atoms with E-state index in [-0.39, 0.29) is 25.4 Å². The predicted molar refractivity (Wildman–Crippen MR) is 146 cm³/mol. The zero-order chi connectivity index (χ0) is 28.5. The Hall–Kier alpha value is -1.48. The summed E-state index contributed by atoms with van der Waals surface area (Å²) in [6.45, 7) is 3.56. The lowest BCUT2D eigenvalue weighted by molar-refractivity contribution is -0.161. The zero-order valence-corrected chi connectivity index (χ0v) is 24.5. The highest BCUT2D eigenvalue weighted by molar-refractivity contribution is 7.46. The van der Waals surface area contributed by atoms with Crippen LogP contribution in [0, 0.1) is 0 Å². The van der Waals surface area contributed by atoms with Gasteiger partial charge in [-0.2, -0.15) is 0 Å². The molecule has 0 aromatic rings. The van der Waals surface area contributed by atoms with E-state index >= 15 is 0 Å². The van der Waals surface area contributed by atoms with E-state index in [2.05, 4.69) is 16.8 Å². The summed E-state index contributed by atoms with van der Waals surface area (Å²) in [5.41, 5.74) is 0. The molecule has 0 fully saturated rings. The summed E-state index contributed by atoms with van der Waals surface area (Å²) in [5.74, 6) is -0.901. The van der Waals surface area contributed by atoms with Crippen molar-refractivity contribution in [3.05, 3.63) is 0 Å². The number of hydrogen-bond donors (Lipinski definition) is 3. The zero-order valence-electron chi connectivity index (χ0n) is 23.6. The van der Waals surface area contributed by atoms with Crippen LogP contribution >= 0.6 is 7.82 Å². The first-order chi connectivity index (χ1) is 18.1. The molecule has 0 saturated heterocycles. The van der Waals surface area contributed by atoms with Crippen molar-refractivity contribution in [2.75, 3.05) is 19.8 Å². The molecule has 0 aliphatic carbocycles. The van der Waals surface area contributed by atoms with Crippen LogP contribution in [-0.2, 0) is 32.9 Å². The number of amides is 1.